The average molecular weight is 249 g/mol. The van der Waals surface area contributed by atoms with Crippen LogP contribution in [0.4, 0.5) is 4.39 Å². The Kier molecular flexibility index (Phi) is 2.86. The van der Waals surface area contributed by atoms with Crippen LogP contribution in [-0.2, 0) is 10.2 Å². The van der Waals surface area contributed by atoms with E-state index in [2.05, 4.69) is 10.3 Å². The molecule has 1 aromatic heterocycles. The van der Waals surface area contributed by atoms with Crippen molar-refractivity contribution in [3.8, 4) is 5.69 Å². The highest BCUT2D eigenvalue weighted by Crippen LogP contribution is 2.24. The lowest BCUT2D eigenvalue weighted by Gasteiger charge is -2.19. The third-order valence-corrected chi connectivity index (χ3v) is 2.78. The molecule has 0 bridgehead atoms. The lowest BCUT2D eigenvalue weighted by Crippen LogP contribution is -2.31. The van der Waals surface area contributed by atoms with Gasteiger partial charge in [0.15, 0.2) is 0 Å². The van der Waals surface area contributed by atoms with E-state index in [1.165, 1.54) is 29.1 Å². The van der Waals surface area contributed by atoms with Gasteiger partial charge in [-0.05, 0) is 32.0 Å². The number of carboxylic acid groups (broad SMARTS) is 1. The van der Waals surface area contributed by atoms with Crippen LogP contribution in [-0.4, -0.2) is 26.1 Å². The first kappa shape index (κ1) is 12.2. The Bertz CT molecular complexity index is 593. The smallest absolute Gasteiger partial charge is 0.315 e. The highest BCUT2D eigenvalue weighted by Gasteiger charge is 2.34. The summed E-state index contributed by atoms with van der Waals surface area (Å²) in [6, 6.07) is 5.75. The molecular weight excluding hydrogens is 237 g/mol. The molecule has 0 saturated carbocycles. The Morgan fingerprint density at radius 2 is 2.17 bits per heavy atom. The third-order valence-electron chi connectivity index (χ3n) is 2.78. The Hall–Kier alpha value is -2.24. The van der Waals surface area contributed by atoms with Crippen LogP contribution in [0.2, 0.25) is 0 Å². The molecule has 0 saturated heterocycles. The van der Waals surface area contributed by atoms with E-state index in [1.807, 2.05) is 0 Å². The molecule has 18 heavy (non-hydrogen) atoms. The van der Waals surface area contributed by atoms with Crippen LogP contribution in [0.25, 0.3) is 5.69 Å². The van der Waals surface area contributed by atoms with E-state index >= 15 is 0 Å². The van der Waals surface area contributed by atoms with Crippen molar-refractivity contribution in [2.45, 2.75) is 19.3 Å². The number of hydrogen-bond acceptors (Lipinski definition) is 3. The van der Waals surface area contributed by atoms with Crippen LogP contribution in [0.3, 0.4) is 0 Å². The van der Waals surface area contributed by atoms with Crippen molar-refractivity contribution in [1.82, 2.24) is 15.0 Å². The van der Waals surface area contributed by atoms with E-state index < -0.39 is 17.2 Å². The van der Waals surface area contributed by atoms with Crippen LogP contribution in [0.15, 0.2) is 30.5 Å². The summed E-state index contributed by atoms with van der Waals surface area (Å²) in [5.74, 6) is -1.41. The Labute approximate surface area is 103 Å². The zero-order valence-corrected chi connectivity index (χ0v) is 9.96. The normalized spacial score (nSPS) is 11.5. The molecule has 2 aromatic rings. The van der Waals surface area contributed by atoms with Gasteiger partial charge in [-0.3, -0.25) is 4.79 Å². The van der Waals surface area contributed by atoms with Gasteiger partial charge in [-0.2, -0.15) is 0 Å². The van der Waals surface area contributed by atoms with E-state index in [1.54, 1.807) is 19.9 Å². The quantitative estimate of drug-likeness (QED) is 0.900. The molecule has 2 rings (SSSR count). The van der Waals surface area contributed by atoms with E-state index in [9.17, 15) is 14.3 Å². The van der Waals surface area contributed by atoms with Crippen LogP contribution in [0, 0.1) is 5.82 Å². The van der Waals surface area contributed by atoms with Gasteiger partial charge < -0.3 is 5.11 Å². The summed E-state index contributed by atoms with van der Waals surface area (Å²) in [4.78, 5) is 11.2. The standard InChI is InChI=1S/C12H12FN3O2/c1-12(2,11(17)18)10-7-14-15-16(10)9-5-3-4-8(13)6-9/h3-7H,1-2H3,(H,17,18). The number of aliphatic carboxylic acids is 1. The maximum atomic E-state index is 13.2. The van der Waals surface area contributed by atoms with Gasteiger partial charge in [0.05, 0.1) is 17.6 Å². The molecule has 5 nitrogen and oxygen atoms in total. The second-order valence-electron chi connectivity index (χ2n) is 4.44. The highest BCUT2D eigenvalue weighted by molar-refractivity contribution is 5.79. The Morgan fingerprint density at radius 3 is 2.78 bits per heavy atom. The molecule has 0 unspecified atom stereocenters. The third kappa shape index (κ3) is 1.97. The molecule has 0 aliphatic rings. The van der Waals surface area contributed by atoms with E-state index in [4.69, 9.17) is 0 Å². The van der Waals surface area contributed by atoms with Crippen molar-refractivity contribution in [3.63, 3.8) is 0 Å². The summed E-state index contributed by atoms with van der Waals surface area (Å²) in [6.45, 7) is 3.09. The monoisotopic (exact) mass is 249 g/mol. The molecule has 0 aliphatic carbocycles. The number of rotatable bonds is 3. The predicted molar refractivity (Wildman–Crippen MR) is 62.0 cm³/mol. The molecule has 1 aromatic carbocycles. The molecule has 0 atom stereocenters. The molecular formula is C12H12FN3O2. The number of carbonyl (C=O) groups is 1. The summed E-state index contributed by atoms with van der Waals surface area (Å²) >= 11 is 0. The highest BCUT2D eigenvalue weighted by atomic mass is 19.1. The van der Waals surface area contributed by atoms with Gasteiger partial charge >= 0.3 is 5.97 Å². The molecule has 0 fully saturated rings. The number of aromatic nitrogens is 3. The lowest BCUT2D eigenvalue weighted by molar-refractivity contribution is -0.142. The molecule has 0 radical (unpaired) electrons. The second kappa shape index (κ2) is 4.21. The summed E-state index contributed by atoms with van der Waals surface area (Å²) in [6.07, 6.45) is 1.37. The topological polar surface area (TPSA) is 68.0 Å². The fraction of sp³-hybridized carbons (Fsp3) is 0.250. The number of benzene rings is 1. The molecule has 0 amide bonds. The van der Waals surface area contributed by atoms with E-state index in [0.717, 1.165) is 0 Å². The van der Waals surface area contributed by atoms with Gasteiger partial charge in [0.2, 0.25) is 0 Å². The average Bonchev–Trinajstić information content (AvgIpc) is 2.78. The minimum absolute atomic E-state index is 0.389. The first-order chi connectivity index (χ1) is 8.43. The number of hydrogen-bond donors (Lipinski definition) is 1. The molecule has 0 aliphatic heterocycles. The van der Waals surface area contributed by atoms with Crippen LogP contribution in [0.5, 0.6) is 0 Å². The zero-order chi connectivity index (χ0) is 13.3. The number of nitrogens with zero attached hydrogens (tertiary/aromatic N) is 3. The molecule has 1 heterocycles. The van der Waals surface area contributed by atoms with Gasteiger partial charge in [0.25, 0.3) is 0 Å². The van der Waals surface area contributed by atoms with Crippen molar-refractivity contribution in [2.24, 2.45) is 0 Å². The van der Waals surface area contributed by atoms with Crippen molar-refractivity contribution < 1.29 is 14.3 Å². The van der Waals surface area contributed by atoms with Gasteiger partial charge in [0.1, 0.15) is 11.2 Å². The van der Waals surface area contributed by atoms with Gasteiger partial charge in [0, 0.05) is 0 Å². The maximum Gasteiger partial charge on any atom is 0.315 e. The molecule has 0 spiro atoms. The summed E-state index contributed by atoms with van der Waals surface area (Å²) in [7, 11) is 0. The maximum absolute atomic E-state index is 13.2. The molecule has 94 valence electrons. The van der Waals surface area contributed by atoms with Crippen LogP contribution >= 0.6 is 0 Å². The Balaban J connectivity index is 2.55. The van der Waals surface area contributed by atoms with Crippen LogP contribution in [0.1, 0.15) is 19.5 Å². The fourth-order valence-electron chi connectivity index (χ4n) is 1.57. The SMILES string of the molecule is CC(C)(C(=O)O)c1cnnn1-c1cccc(F)c1. The van der Waals surface area contributed by atoms with Crippen molar-refractivity contribution in [2.75, 3.05) is 0 Å². The van der Waals surface area contributed by atoms with Gasteiger partial charge in [-0.1, -0.05) is 11.3 Å². The van der Waals surface area contributed by atoms with Crippen LogP contribution < -0.4 is 0 Å². The summed E-state index contributed by atoms with van der Waals surface area (Å²) in [5.41, 5.74) is -0.326. The zero-order valence-electron chi connectivity index (χ0n) is 9.96. The van der Waals surface area contributed by atoms with Gasteiger partial charge in [-0.25, -0.2) is 9.07 Å². The van der Waals surface area contributed by atoms with E-state index in [-0.39, 0.29) is 0 Å². The summed E-state index contributed by atoms with van der Waals surface area (Å²) in [5, 5.41) is 16.7. The first-order valence-corrected chi connectivity index (χ1v) is 5.33. The minimum Gasteiger partial charge on any atom is -0.481 e. The number of halogens is 1. The number of carboxylic acids is 1. The minimum atomic E-state index is -1.16. The Morgan fingerprint density at radius 1 is 1.44 bits per heavy atom. The largest absolute Gasteiger partial charge is 0.481 e. The second-order valence-corrected chi connectivity index (χ2v) is 4.44. The van der Waals surface area contributed by atoms with Crippen molar-refractivity contribution in [3.05, 3.63) is 42.0 Å². The fourth-order valence-corrected chi connectivity index (χ4v) is 1.57. The van der Waals surface area contributed by atoms with Crippen molar-refractivity contribution in [1.29, 1.82) is 0 Å². The van der Waals surface area contributed by atoms with Crippen molar-refractivity contribution >= 4 is 5.97 Å². The first-order valence-electron chi connectivity index (χ1n) is 5.33. The predicted octanol–water partition coefficient (Wildman–Crippen LogP) is 1.77. The lowest BCUT2D eigenvalue weighted by atomic mass is 9.90. The van der Waals surface area contributed by atoms with Gasteiger partial charge in [-0.15, -0.1) is 5.10 Å². The summed E-state index contributed by atoms with van der Waals surface area (Å²) < 4.78 is 14.5. The molecule has 6 heteroatoms. The van der Waals surface area contributed by atoms with E-state index in [0.29, 0.717) is 11.4 Å². The molecule has 1 N–H and O–H groups in total.